The number of hydrogen-bond acceptors (Lipinski definition) is 6. The molecule has 0 aliphatic heterocycles. The van der Waals surface area contributed by atoms with Gasteiger partial charge in [-0.3, -0.25) is 0 Å². The summed E-state index contributed by atoms with van der Waals surface area (Å²) >= 11 is 3.63. The van der Waals surface area contributed by atoms with Gasteiger partial charge in [0.15, 0.2) is 5.13 Å². The third-order valence-electron chi connectivity index (χ3n) is 3.09. The number of nitrogens with zero attached hydrogens (tertiary/aromatic N) is 2. The molecule has 0 radical (unpaired) electrons. The fourth-order valence-corrected chi connectivity index (χ4v) is 3.53. The van der Waals surface area contributed by atoms with Crippen molar-refractivity contribution in [1.29, 1.82) is 0 Å². The number of ether oxygens (including phenoxy) is 1. The topological polar surface area (TPSA) is 37.4 Å². The lowest BCUT2D eigenvalue weighted by Gasteiger charge is -2.23. The SMILES string of the molecule is COCc1nc(N(C)C(C)CSC)sc1CNC(C)C. The molecule has 0 amide bonds. The molecule has 0 aliphatic rings. The first-order valence-electron chi connectivity index (χ1n) is 6.92. The molecule has 6 heteroatoms. The van der Waals surface area contributed by atoms with Gasteiger partial charge in [-0.15, -0.1) is 11.3 Å². The maximum Gasteiger partial charge on any atom is 0.185 e. The van der Waals surface area contributed by atoms with E-state index in [9.17, 15) is 0 Å². The molecule has 0 saturated carbocycles. The van der Waals surface area contributed by atoms with Gasteiger partial charge in [0.2, 0.25) is 0 Å². The summed E-state index contributed by atoms with van der Waals surface area (Å²) < 4.78 is 5.27. The Hall–Kier alpha value is -0.300. The molecule has 0 bridgehead atoms. The smallest absolute Gasteiger partial charge is 0.185 e. The summed E-state index contributed by atoms with van der Waals surface area (Å²) in [5.41, 5.74) is 1.06. The van der Waals surface area contributed by atoms with E-state index >= 15 is 0 Å². The lowest BCUT2D eigenvalue weighted by molar-refractivity contribution is 0.181. The Morgan fingerprint density at radius 2 is 2.10 bits per heavy atom. The van der Waals surface area contributed by atoms with Crippen LogP contribution in [-0.2, 0) is 17.9 Å². The van der Waals surface area contributed by atoms with E-state index in [0.717, 1.165) is 23.1 Å². The van der Waals surface area contributed by atoms with E-state index in [-0.39, 0.29) is 0 Å². The molecule has 1 unspecified atom stereocenters. The quantitative estimate of drug-likeness (QED) is 0.758. The average molecular weight is 318 g/mol. The fraction of sp³-hybridized carbons (Fsp3) is 0.786. The number of thioether (sulfide) groups is 1. The molecule has 4 nitrogen and oxygen atoms in total. The Labute approximate surface area is 131 Å². The van der Waals surface area contributed by atoms with Crippen molar-refractivity contribution in [3.8, 4) is 0 Å². The molecule has 0 aliphatic carbocycles. The first-order chi connectivity index (χ1) is 9.49. The van der Waals surface area contributed by atoms with Crippen LogP contribution in [0.25, 0.3) is 0 Å². The van der Waals surface area contributed by atoms with E-state index in [1.54, 1.807) is 18.4 Å². The third kappa shape index (κ3) is 5.24. The van der Waals surface area contributed by atoms with Crippen molar-refractivity contribution < 1.29 is 4.74 Å². The number of rotatable bonds is 9. The monoisotopic (exact) mass is 317 g/mol. The van der Waals surface area contributed by atoms with Crippen LogP contribution >= 0.6 is 23.1 Å². The van der Waals surface area contributed by atoms with Crippen LogP contribution in [0.1, 0.15) is 31.3 Å². The van der Waals surface area contributed by atoms with Crippen LogP contribution in [0, 0.1) is 0 Å². The minimum absolute atomic E-state index is 0.476. The standard InChI is InChI=1S/C14H27N3OS2/c1-10(2)15-7-13-12(8-18-5)16-14(20-13)17(4)11(3)9-19-6/h10-11,15H,7-9H2,1-6H3. The first-order valence-corrected chi connectivity index (χ1v) is 9.13. The van der Waals surface area contributed by atoms with Crippen LogP contribution < -0.4 is 10.2 Å². The van der Waals surface area contributed by atoms with Crippen molar-refractivity contribution in [3.63, 3.8) is 0 Å². The minimum Gasteiger partial charge on any atom is -0.378 e. The molecule has 1 rings (SSSR count). The lowest BCUT2D eigenvalue weighted by atomic mass is 10.3. The van der Waals surface area contributed by atoms with E-state index < -0.39 is 0 Å². The molecule has 116 valence electrons. The summed E-state index contributed by atoms with van der Waals surface area (Å²) in [6.07, 6.45) is 2.14. The van der Waals surface area contributed by atoms with Crippen LogP contribution in [0.4, 0.5) is 5.13 Å². The Bertz CT molecular complexity index is 396. The van der Waals surface area contributed by atoms with Gasteiger partial charge in [0.05, 0.1) is 12.3 Å². The summed E-state index contributed by atoms with van der Waals surface area (Å²) in [4.78, 5) is 8.29. The second kappa shape index (κ2) is 8.87. The van der Waals surface area contributed by atoms with Crippen molar-refractivity contribution in [2.45, 2.75) is 46.0 Å². The molecule has 1 atom stereocenters. The highest BCUT2D eigenvalue weighted by atomic mass is 32.2. The van der Waals surface area contributed by atoms with Crippen molar-refractivity contribution in [2.75, 3.05) is 31.1 Å². The molecule has 20 heavy (non-hydrogen) atoms. The van der Waals surface area contributed by atoms with E-state index in [4.69, 9.17) is 9.72 Å². The second-order valence-electron chi connectivity index (χ2n) is 5.25. The predicted octanol–water partition coefficient (Wildman–Crippen LogP) is 2.98. The third-order valence-corrected chi connectivity index (χ3v) is 5.09. The normalized spacial score (nSPS) is 12.9. The van der Waals surface area contributed by atoms with Crippen molar-refractivity contribution in [3.05, 3.63) is 10.6 Å². The zero-order valence-corrected chi connectivity index (χ0v) is 15.0. The Balaban J connectivity index is 2.84. The van der Waals surface area contributed by atoms with E-state index in [0.29, 0.717) is 18.7 Å². The maximum absolute atomic E-state index is 5.27. The second-order valence-corrected chi connectivity index (χ2v) is 7.22. The highest BCUT2D eigenvalue weighted by Gasteiger charge is 2.17. The summed E-state index contributed by atoms with van der Waals surface area (Å²) in [6.45, 7) is 7.99. The highest BCUT2D eigenvalue weighted by molar-refractivity contribution is 7.98. The van der Waals surface area contributed by atoms with Crippen LogP contribution in [-0.4, -0.2) is 43.2 Å². The molecular weight excluding hydrogens is 290 g/mol. The number of hydrogen-bond donors (Lipinski definition) is 1. The van der Waals surface area contributed by atoms with E-state index in [1.165, 1.54) is 4.88 Å². The number of anilines is 1. The molecule has 1 heterocycles. The highest BCUT2D eigenvalue weighted by Crippen LogP contribution is 2.28. The molecule has 1 aromatic rings. The predicted molar refractivity (Wildman–Crippen MR) is 91.0 cm³/mol. The fourth-order valence-electron chi connectivity index (χ4n) is 1.75. The first kappa shape index (κ1) is 17.8. The molecule has 0 aromatic carbocycles. The number of nitrogens with one attached hydrogen (secondary N) is 1. The molecule has 0 fully saturated rings. The number of methoxy groups -OCH3 is 1. The van der Waals surface area contributed by atoms with Gasteiger partial charge in [-0.1, -0.05) is 13.8 Å². The van der Waals surface area contributed by atoms with Gasteiger partial charge in [-0.2, -0.15) is 11.8 Å². The average Bonchev–Trinajstić information content (AvgIpc) is 2.79. The van der Waals surface area contributed by atoms with Gasteiger partial charge >= 0.3 is 0 Å². The molecule has 0 spiro atoms. The van der Waals surface area contributed by atoms with Crippen LogP contribution in [0.5, 0.6) is 0 Å². The Morgan fingerprint density at radius 1 is 1.40 bits per heavy atom. The van der Waals surface area contributed by atoms with Gasteiger partial charge < -0.3 is 15.0 Å². The van der Waals surface area contributed by atoms with Crippen LogP contribution in [0.15, 0.2) is 0 Å². The summed E-state index contributed by atoms with van der Waals surface area (Å²) in [6, 6.07) is 0.960. The maximum atomic E-state index is 5.27. The van der Waals surface area contributed by atoms with Crippen molar-refractivity contribution in [2.24, 2.45) is 0 Å². The molecule has 1 N–H and O–H groups in total. The van der Waals surface area contributed by atoms with Crippen molar-refractivity contribution in [1.82, 2.24) is 10.3 Å². The summed E-state index contributed by atoms with van der Waals surface area (Å²) in [5, 5.41) is 4.54. The van der Waals surface area contributed by atoms with Gasteiger partial charge in [0.25, 0.3) is 0 Å². The van der Waals surface area contributed by atoms with Gasteiger partial charge in [0, 0.05) is 43.4 Å². The molecule has 1 aromatic heterocycles. The lowest BCUT2D eigenvalue weighted by Crippen LogP contribution is -2.30. The zero-order valence-electron chi connectivity index (χ0n) is 13.4. The minimum atomic E-state index is 0.476. The zero-order chi connectivity index (χ0) is 15.1. The van der Waals surface area contributed by atoms with E-state index in [2.05, 4.69) is 44.3 Å². The summed E-state index contributed by atoms with van der Waals surface area (Å²) in [5.74, 6) is 1.11. The molecule has 0 saturated heterocycles. The number of aromatic nitrogens is 1. The molecular formula is C14H27N3OS2. The Morgan fingerprint density at radius 3 is 2.65 bits per heavy atom. The van der Waals surface area contributed by atoms with Gasteiger partial charge in [-0.25, -0.2) is 4.98 Å². The summed E-state index contributed by atoms with van der Waals surface area (Å²) in [7, 11) is 3.84. The largest absolute Gasteiger partial charge is 0.378 e. The Kier molecular flexibility index (Phi) is 7.87. The van der Waals surface area contributed by atoms with E-state index in [1.807, 2.05) is 11.8 Å². The van der Waals surface area contributed by atoms with Crippen LogP contribution in [0.2, 0.25) is 0 Å². The van der Waals surface area contributed by atoms with Crippen LogP contribution in [0.3, 0.4) is 0 Å². The number of thiazole rings is 1. The van der Waals surface area contributed by atoms with Crippen molar-refractivity contribution >= 4 is 28.2 Å². The van der Waals surface area contributed by atoms with Gasteiger partial charge in [-0.05, 0) is 13.2 Å². The van der Waals surface area contributed by atoms with Gasteiger partial charge in [0.1, 0.15) is 0 Å².